The van der Waals surface area contributed by atoms with Crippen LogP contribution >= 0.6 is 0 Å². The Morgan fingerprint density at radius 2 is 1.45 bits per heavy atom. The number of non-ortho nitro benzene ring substituents is 1. The third-order valence-electron chi connectivity index (χ3n) is 5.79. The first-order valence-electron chi connectivity index (χ1n) is 10.8. The molecule has 5 aromatic carbocycles. The first-order chi connectivity index (χ1) is 16.2. The molecule has 0 bridgehead atoms. The van der Waals surface area contributed by atoms with Crippen LogP contribution in [0.5, 0.6) is 5.75 Å². The highest BCUT2D eigenvalue weighted by Gasteiger charge is 2.12. The van der Waals surface area contributed by atoms with Crippen LogP contribution in [-0.2, 0) is 13.2 Å². The summed E-state index contributed by atoms with van der Waals surface area (Å²) in [7, 11) is 0. The lowest BCUT2D eigenvalue weighted by Gasteiger charge is -2.16. The van der Waals surface area contributed by atoms with Gasteiger partial charge in [0.15, 0.2) is 0 Å². The van der Waals surface area contributed by atoms with Crippen molar-refractivity contribution in [2.75, 3.05) is 5.32 Å². The van der Waals surface area contributed by atoms with Crippen molar-refractivity contribution >= 4 is 32.9 Å². The lowest BCUT2D eigenvalue weighted by molar-refractivity contribution is -0.384. The van der Waals surface area contributed by atoms with Gasteiger partial charge in [-0.3, -0.25) is 10.1 Å². The highest BCUT2D eigenvalue weighted by molar-refractivity contribution is 5.88. The maximum Gasteiger partial charge on any atom is 0.271 e. The van der Waals surface area contributed by atoms with Crippen molar-refractivity contribution in [1.82, 2.24) is 0 Å². The number of anilines is 1. The molecule has 33 heavy (non-hydrogen) atoms. The molecule has 5 nitrogen and oxygen atoms in total. The van der Waals surface area contributed by atoms with Gasteiger partial charge in [0.1, 0.15) is 12.4 Å². The summed E-state index contributed by atoms with van der Waals surface area (Å²) in [6, 6.07) is 33.3. The molecule has 0 saturated carbocycles. The van der Waals surface area contributed by atoms with E-state index in [9.17, 15) is 10.1 Å². The van der Waals surface area contributed by atoms with Gasteiger partial charge in [0, 0.05) is 29.9 Å². The van der Waals surface area contributed by atoms with Gasteiger partial charge in [-0.05, 0) is 39.2 Å². The Balaban J connectivity index is 1.45. The smallest absolute Gasteiger partial charge is 0.271 e. The number of benzene rings is 5. The van der Waals surface area contributed by atoms with Gasteiger partial charge in [0.25, 0.3) is 5.69 Å². The molecule has 0 amide bonds. The summed E-state index contributed by atoms with van der Waals surface area (Å²) >= 11 is 0. The Labute approximate surface area is 191 Å². The minimum absolute atomic E-state index is 0.0605. The van der Waals surface area contributed by atoms with E-state index in [4.69, 9.17) is 4.74 Å². The molecule has 0 radical (unpaired) electrons. The minimum Gasteiger partial charge on any atom is -0.489 e. The maximum atomic E-state index is 11.1. The summed E-state index contributed by atoms with van der Waals surface area (Å²) in [6.45, 7) is 0.927. The third kappa shape index (κ3) is 4.34. The molecule has 0 aliphatic heterocycles. The van der Waals surface area contributed by atoms with E-state index in [1.165, 1.54) is 16.8 Å². The average molecular weight is 434 g/mol. The van der Waals surface area contributed by atoms with Crippen molar-refractivity contribution in [2.24, 2.45) is 0 Å². The zero-order valence-electron chi connectivity index (χ0n) is 17.9. The summed E-state index contributed by atoms with van der Waals surface area (Å²) in [5.74, 6) is 0.791. The Hall–Kier alpha value is -4.38. The van der Waals surface area contributed by atoms with Gasteiger partial charge in [-0.1, -0.05) is 78.9 Å². The molecule has 1 N–H and O–H groups in total. The predicted octanol–water partition coefficient (Wildman–Crippen LogP) is 7.09. The standard InChI is InChI=1S/C28H22N2O3/c31-30(32)24-12-6-11-23(17-24)29-18-27-26-14-4-2-8-21(26)15-16-28(27)33-19-22-10-5-9-20-7-1-3-13-25(20)22/h1-17,29H,18-19H2. The van der Waals surface area contributed by atoms with Crippen LogP contribution in [0.2, 0.25) is 0 Å². The molecule has 0 aliphatic rings. The number of hydrogen-bond donors (Lipinski definition) is 1. The highest BCUT2D eigenvalue weighted by atomic mass is 16.6. The second kappa shape index (κ2) is 9.01. The molecule has 0 unspecified atom stereocenters. The van der Waals surface area contributed by atoms with Crippen molar-refractivity contribution in [3.05, 3.63) is 124 Å². The first kappa shape index (κ1) is 20.5. The molecule has 0 spiro atoms. The molecule has 0 fully saturated rings. The van der Waals surface area contributed by atoms with Crippen molar-refractivity contribution in [1.29, 1.82) is 0 Å². The van der Waals surface area contributed by atoms with Crippen LogP contribution in [0, 0.1) is 10.1 Å². The van der Waals surface area contributed by atoms with Gasteiger partial charge in [0.05, 0.1) is 4.92 Å². The lowest BCUT2D eigenvalue weighted by Crippen LogP contribution is -2.05. The van der Waals surface area contributed by atoms with Gasteiger partial charge < -0.3 is 10.1 Å². The largest absolute Gasteiger partial charge is 0.489 e. The van der Waals surface area contributed by atoms with Gasteiger partial charge in [-0.15, -0.1) is 0 Å². The minimum atomic E-state index is -0.387. The Morgan fingerprint density at radius 1 is 0.758 bits per heavy atom. The number of rotatable bonds is 7. The van der Waals surface area contributed by atoms with E-state index in [2.05, 4.69) is 47.8 Å². The average Bonchev–Trinajstić information content (AvgIpc) is 2.86. The fourth-order valence-corrected chi connectivity index (χ4v) is 4.13. The SMILES string of the molecule is O=[N+]([O-])c1cccc(NCc2c(OCc3cccc4ccccc34)ccc3ccccc23)c1. The molecule has 5 heteroatoms. The number of nitro groups is 1. The Morgan fingerprint density at radius 3 is 2.27 bits per heavy atom. The zero-order chi connectivity index (χ0) is 22.6. The van der Waals surface area contributed by atoms with Crippen LogP contribution in [0.4, 0.5) is 11.4 Å². The van der Waals surface area contributed by atoms with E-state index in [0.29, 0.717) is 18.8 Å². The number of fused-ring (bicyclic) bond motifs is 2. The maximum absolute atomic E-state index is 11.1. The van der Waals surface area contributed by atoms with E-state index in [1.54, 1.807) is 12.1 Å². The predicted molar refractivity (Wildman–Crippen MR) is 133 cm³/mol. The fourth-order valence-electron chi connectivity index (χ4n) is 4.13. The normalized spacial score (nSPS) is 10.9. The summed E-state index contributed by atoms with van der Waals surface area (Å²) in [4.78, 5) is 10.7. The van der Waals surface area contributed by atoms with Crippen LogP contribution in [0.1, 0.15) is 11.1 Å². The summed E-state index contributed by atoms with van der Waals surface area (Å²) in [5, 5.41) is 19.0. The van der Waals surface area contributed by atoms with Crippen LogP contribution in [0.15, 0.2) is 103 Å². The third-order valence-corrected chi connectivity index (χ3v) is 5.79. The van der Waals surface area contributed by atoms with Gasteiger partial charge in [-0.25, -0.2) is 0 Å². The molecule has 0 aliphatic carbocycles. The van der Waals surface area contributed by atoms with Crippen molar-refractivity contribution in [3.8, 4) is 5.75 Å². The second-order valence-corrected chi connectivity index (χ2v) is 7.85. The Bertz CT molecular complexity index is 1460. The molecule has 5 rings (SSSR count). The molecule has 0 aromatic heterocycles. The van der Waals surface area contributed by atoms with Crippen LogP contribution in [-0.4, -0.2) is 4.92 Å². The topological polar surface area (TPSA) is 64.4 Å². The molecule has 5 aromatic rings. The van der Waals surface area contributed by atoms with Crippen LogP contribution < -0.4 is 10.1 Å². The number of ether oxygens (including phenoxy) is 1. The molecular weight excluding hydrogens is 412 g/mol. The summed E-state index contributed by atoms with van der Waals surface area (Å²) in [6.07, 6.45) is 0. The summed E-state index contributed by atoms with van der Waals surface area (Å²) in [5.41, 5.74) is 2.89. The molecular formula is C28H22N2O3. The Kier molecular flexibility index (Phi) is 5.60. The van der Waals surface area contributed by atoms with Crippen LogP contribution in [0.25, 0.3) is 21.5 Å². The molecule has 0 heterocycles. The number of hydrogen-bond acceptors (Lipinski definition) is 4. The van der Waals surface area contributed by atoms with Crippen molar-refractivity contribution in [2.45, 2.75) is 13.2 Å². The van der Waals surface area contributed by atoms with E-state index >= 15 is 0 Å². The molecule has 162 valence electrons. The lowest BCUT2D eigenvalue weighted by atomic mass is 10.0. The number of nitrogens with zero attached hydrogens (tertiary/aromatic N) is 1. The number of nitro benzene ring substituents is 1. The van der Waals surface area contributed by atoms with Gasteiger partial charge in [-0.2, -0.15) is 0 Å². The second-order valence-electron chi connectivity index (χ2n) is 7.85. The van der Waals surface area contributed by atoms with E-state index in [1.807, 2.05) is 42.5 Å². The quantitative estimate of drug-likeness (QED) is 0.219. The highest BCUT2D eigenvalue weighted by Crippen LogP contribution is 2.31. The first-order valence-corrected chi connectivity index (χ1v) is 10.8. The van der Waals surface area contributed by atoms with Crippen LogP contribution in [0.3, 0.4) is 0 Å². The number of nitrogens with one attached hydrogen (secondary N) is 1. The van der Waals surface area contributed by atoms with Gasteiger partial charge in [0.2, 0.25) is 0 Å². The fraction of sp³-hybridized carbons (Fsp3) is 0.0714. The molecule has 0 saturated heterocycles. The van der Waals surface area contributed by atoms with E-state index in [0.717, 1.165) is 27.6 Å². The van der Waals surface area contributed by atoms with E-state index in [-0.39, 0.29) is 10.6 Å². The molecule has 0 atom stereocenters. The summed E-state index contributed by atoms with van der Waals surface area (Å²) < 4.78 is 6.34. The van der Waals surface area contributed by atoms with E-state index < -0.39 is 0 Å². The monoisotopic (exact) mass is 434 g/mol. The zero-order valence-corrected chi connectivity index (χ0v) is 17.9. The van der Waals surface area contributed by atoms with Crippen molar-refractivity contribution < 1.29 is 9.66 Å². The van der Waals surface area contributed by atoms with Gasteiger partial charge >= 0.3 is 0 Å². The van der Waals surface area contributed by atoms with Crippen molar-refractivity contribution in [3.63, 3.8) is 0 Å².